The van der Waals surface area contributed by atoms with E-state index in [0.717, 1.165) is 31.7 Å². The topological polar surface area (TPSA) is 82.5 Å². The molecule has 0 radical (unpaired) electrons. The van der Waals surface area contributed by atoms with Crippen molar-refractivity contribution >= 4 is 22.6 Å². The van der Waals surface area contributed by atoms with Gasteiger partial charge in [0.15, 0.2) is 10.1 Å². The smallest absolute Gasteiger partial charge is 0.196 e. The van der Waals surface area contributed by atoms with Crippen molar-refractivity contribution in [3.63, 3.8) is 0 Å². The molecule has 3 heterocycles. The third-order valence-corrected chi connectivity index (χ3v) is 4.41. The van der Waals surface area contributed by atoms with Gasteiger partial charge in [-0.15, -0.1) is 0 Å². The number of aliphatic hydroxyl groups is 1. The van der Waals surface area contributed by atoms with E-state index in [-0.39, 0.29) is 25.0 Å². The highest BCUT2D eigenvalue weighted by Gasteiger charge is 2.25. The lowest BCUT2D eigenvalue weighted by molar-refractivity contribution is -0.188. The first-order valence-corrected chi connectivity index (χ1v) is 8.79. The standard InChI is InChI=1S/C15H20IN3O4/c1-10(22-14-4-2-3-7-21-14)15-17-5-6-19(15)12(9-20)11-8-13(16)23-18-11/h5-6,8,10,12,14,20H,2-4,7,9H2,1H3/t10?,12-,14?/m1/s1. The fourth-order valence-corrected chi connectivity index (χ4v) is 3.17. The first-order valence-electron chi connectivity index (χ1n) is 7.71. The van der Waals surface area contributed by atoms with E-state index in [4.69, 9.17) is 14.0 Å². The number of rotatable bonds is 6. The number of imidazole rings is 1. The third kappa shape index (κ3) is 3.93. The zero-order chi connectivity index (χ0) is 16.2. The average molecular weight is 433 g/mol. The number of hydrogen-bond donors (Lipinski definition) is 1. The van der Waals surface area contributed by atoms with Crippen LogP contribution in [0.5, 0.6) is 0 Å². The van der Waals surface area contributed by atoms with Crippen LogP contribution < -0.4 is 0 Å². The fraction of sp³-hybridized carbons (Fsp3) is 0.600. The van der Waals surface area contributed by atoms with Crippen LogP contribution >= 0.6 is 22.6 Å². The molecule has 2 unspecified atom stereocenters. The number of hydrogen-bond acceptors (Lipinski definition) is 6. The number of nitrogens with zero attached hydrogens (tertiary/aromatic N) is 3. The zero-order valence-electron chi connectivity index (χ0n) is 12.9. The van der Waals surface area contributed by atoms with Crippen molar-refractivity contribution in [2.45, 2.75) is 44.6 Å². The van der Waals surface area contributed by atoms with E-state index < -0.39 is 0 Å². The van der Waals surface area contributed by atoms with Crippen molar-refractivity contribution in [2.24, 2.45) is 0 Å². The van der Waals surface area contributed by atoms with E-state index in [9.17, 15) is 5.11 Å². The maximum atomic E-state index is 9.79. The van der Waals surface area contributed by atoms with Gasteiger partial charge in [0.05, 0.1) is 6.61 Å². The molecule has 8 heteroatoms. The fourth-order valence-electron chi connectivity index (χ4n) is 2.76. The monoisotopic (exact) mass is 433 g/mol. The van der Waals surface area contributed by atoms with Gasteiger partial charge in [-0.2, -0.15) is 0 Å². The Balaban J connectivity index is 1.77. The van der Waals surface area contributed by atoms with E-state index in [1.165, 1.54) is 0 Å². The van der Waals surface area contributed by atoms with Crippen molar-refractivity contribution in [3.8, 4) is 0 Å². The predicted octanol–water partition coefficient (Wildman–Crippen LogP) is 2.66. The minimum atomic E-state index is -0.349. The molecule has 23 heavy (non-hydrogen) atoms. The van der Waals surface area contributed by atoms with Crippen molar-refractivity contribution < 1.29 is 19.1 Å². The summed E-state index contributed by atoms with van der Waals surface area (Å²) < 4.78 is 19.3. The summed E-state index contributed by atoms with van der Waals surface area (Å²) in [5.74, 6) is 0.733. The van der Waals surface area contributed by atoms with E-state index in [0.29, 0.717) is 9.46 Å². The number of halogens is 1. The Hall–Kier alpha value is -0.970. The van der Waals surface area contributed by atoms with Gasteiger partial charge in [0, 0.05) is 47.7 Å². The lowest BCUT2D eigenvalue weighted by Crippen LogP contribution is -2.26. The summed E-state index contributed by atoms with van der Waals surface area (Å²) in [5, 5.41) is 13.8. The molecule has 0 spiro atoms. The lowest BCUT2D eigenvalue weighted by Gasteiger charge is -2.27. The molecule has 0 aromatic carbocycles. The number of aliphatic hydroxyl groups excluding tert-OH is 1. The van der Waals surface area contributed by atoms with Gasteiger partial charge in [0.25, 0.3) is 0 Å². The van der Waals surface area contributed by atoms with Crippen LogP contribution in [0, 0.1) is 3.77 Å². The van der Waals surface area contributed by atoms with Gasteiger partial charge in [-0.3, -0.25) is 0 Å². The molecule has 3 atom stereocenters. The number of ether oxygens (including phenoxy) is 2. The van der Waals surface area contributed by atoms with E-state index in [1.54, 1.807) is 12.3 Å². The minimum Gasteiger partial charge on any atom is -0.394 e. The second kappa shape index (κ2) is 7.73. The molecule has 2 aromatic heterocycles. The highest BCUT2D eigenvalue weighted by Crippen LogP contribution is 2.27. The lowest BCUT2D eigenvalue weighted by atomic mass is 10.2. The van der Waals surface area contributed by atoms with E-state index in [1.807, 2.05) is 40.3 Å². The molecule has 2 aromatic rings. The quantitative estimate of drug-likeness (QED) is 0.706. The van der Waals surface area contributed by atoms with Crippen molar-refractivity contribution in [3.05, 3.63) is 33.7 Å². The Bertz CT molecular complexity index is 624. The Morgan fingerprint density at radius 1 is 1.52 bits per heavy atom. The molecule has 0 saturated carbocycles. The van der Waals surface area contributed by atoms with Crippen LogP contribution in [-0.2, 0) is 9.47 Å². The van der Waals surface area contributed by atoms with Crippen LogP contribution in [0.2, 0.25) is 0 Å². The molecule has 1 saturated heterocycles. The molecule has 0 amide bonds. The summed E-state index contributed by atoms with van der Waals surface area (Å²) in [4.78, 5) is 4.39. The van der Waals surface area contributed by atoms with Gasteiger partial charge < -0.3 is 23.7 Å². The summed E-state index contributed by atoms with van der Waals surface area (Å²) in [6.45, 7) is 2.58. The molecule has 1 aliphatic heterocycles. The largest absolute Gasteiger partial charge is 0.394 e. The third-order valence-electron chi connectivity index (χ3n) is 3.91. The Labute approximate surface area is 148 Å². The average Bonchev–Trinajstić information content (AvgIpc) is 3.19. The van der Waals surface area contributed by atoms with Crippen molar-refractivity contribution in [2.75, 3.05) is 13.2 Å². The molecule has 3 rings (SSSR count). The van der Waals surface area contributed by atoms with E-state index in [2.05, 4.69) is 10.1 Å². The normalized spacial score (nSPS) is 21.3. The molecule has 1 N–H and O–H groups in total. The molecule has 1 aliphatic rings. The first-order chi connectivity index (χ1) is 11.2. The van der Waals surface area contributed by atoms with Gasteiger partial charge in [-0.25, -0.2) is 4.98 Å². The maximum Gasteiger partial charge on any atom is 0.196 e. The van der Waals surface area contributed by atoms with E-state index >= 15 is 0 Å². The van der Waals surface area contributed by atoms with Crippen LogP contribution in [0.25, 0.3) is 0 Å². The summed E-state index contributed by atoms with van der Waals surface area (Å²) in [7, 11) is 0. The SMILES string of the molecule is CC(OC1CCCCO1)c1nccn1[C@H](CO)c1cc(I)on1. The Morgan fingerprint density at radius 2 is 2.39 bits per heavy atom. The van der Waals surface area contributed by atoms with Gasteiger partial charge in [-0.1, -0.05) is 5.16 Å². The second-order valence-electron chi connectivity index (χ2n) is 5.52. The van der Waals surface area contributed by atoms with Gasteiger partial charge in [0.2, 0.25) is 0 Å². The summed E-state index contributed by atoms with van der Waals surface area (Å²) in [5.41, 5.74) is 0.664. The summed E-state index contributed by atoms with van der Waals surface area (Å²) >= 11 is 2.05. The molecule has 7 nitrogen and oxygen atoms in total. The molecule has 0 aliphatic carbocycles. The van der Waals surface area contributed by atoms with Gasteiger partial charge in [-0.05, 0) is 26.2 Å². The highest BCUT2D eigenvalue weighted by molar-refractivity contribution is 14.1. The minimum absolute atomic E-state index is 0.0986. The van der Waals surface area contributed by atoms with Gasteiger partial charge in [0.1, 0.15) is 23.7 Å². The molecular formula is C15H20IN3O4. The predicted molar refractivity (Wildman–Crippen MR) is 89.8 cm³/mol. The van der Waals surface area contributed by atoms with Crippen LogP contribution in [-0.4, -0.2) is 39.3 Å². The highest BCUT2D eigenvalue weighted by atomic mass is 127. The molecule has 126 valence electrons. The summed E-state index contributed by atoms with van der Waals surface area (Å²) in [6.07, 6.45) is 6.18. The van der Waals surface area contributed by atoms with Crippen LogP contribution in [0.1, 0.15) is 49.9 Å². The maximum absolute atomic E-state index is 9.79. The first kappa shape index (κ1) is 16.9. The molecule has 1 fully saturated rings. The zero-order valence-corrected chi connectivity index (χ0v) is 15.0. The van der Waals surface area contributed by atoms with Gasteiger partial charge >= 0.3 is 0 Å². The van der Waals surface area contributed by atoms with Crippen molar-refractivity contribution in [1.82, 2.24) is 14.7 Å². The van der Waals surface area contributed by atoms with Crippen LogP contribution in [0.15, 0.2) is 23.0 Å². The van der Waals surface area contributed by atoms with Crippen LogP contribution in [0.4, 0.5) is 0 Å². The Kier molecular flexibility index (Phi) is 5.67. The van der Waals surface area contributed by atoms with Crippen molar-refractivity contribution in [1.29, 1.82) is 0 Å². The second-order valence-corrected chi connectivity index (χ2v) is 6.58. The number of aromatic nitrogens is 3. The Morgan fingerprint density at radius 3 is 3.04 bits per heavy atom. The molecular weight excluding hydrogens is 413 g/mol. The van der Waals surface area contributed by atoms with Crippen LogP contribution in [0.3, 0.4) is 0 Å². The molecule has 0 bridgehead atoms. The summed E-state index contributed by atoms with van der Waals surface area (Å²) in [6, 6.07) is 1.46.